The number of hydrogen-bond acceptors (Lipinski definition) is 3. The van der Waals surface area contributed by atoms with E-state index in [9.17, 15) is 4.79 Å². The fraction of sp³-hybridized carbons (Fsp3) is 0.533. The van der Waals surface area contributed by atoms with Crippen molar-refractivity contribution in [2.75, 3.05) is 32.8 Å². The summed E-state index contributed by atoms with van der Waals surface area (Å²) in [6.07, 6.45) is 0. The molecule has 20 heavy (non-hydrogen) atoms. The minimum Gasteiger partial charge on any atom is -0.494 e. The number of carbonyl (C=O) groups is 1. The van der Waals surface area contributed by atoms with Gasteiger partial charge < -0.3 is 15.0 Å². The zero-order valence-electron chi connectivity index (χ0n) is 11.7. The molecular weight excluding hydrogens is 276 g/mol. The van der Waals surface area contributed by atoms with Crippen LogP contribution in [0.25, 0.3) is 0 Å². The van der Waals surface area contributed by atoms with Crippen molar-refractivity contribution in [3.05, 3.63) is 29.8 Å². The second kappa shape index (κ2) is 6.46. The number of benzene rings is 1. The number of nitrogens with one attached hydrogen (secondary N) is 1. The lowest BCUT2D eigenvalue weighted by molar-refractivity contribution is 0.0781. The Kier molecular flexibility index (Phi) is 4.89. The molecule has 1 aromatic carbocycles. The minimum atomic E-state index is 0. The third-order valence-electron chi connectivity index (χ3n) is 4.07. The highest BCUT2D eigenvalue weighted by Crippen LogP contribution is 2.27. The van der Waals surface area contributed by atoms with Crippen LogP contribution in [0.5, 0.6) is 5.75 Å². The van der Waals surface area contributed by atoms with E-state index in [0.717, 1.165) is 37.5 Å². The zero-order valence-corrected chi connectivity index (χ0v) is 12.5. The van der Waals surface area contributed by atoms with Gasteiger partial charge in [-0.3, -0.25) is 4.79 Å². The molecule has 2 saturated heterocycles. The maximum atomic E-state index is 12.5. The second-order valence-electron chi connectivity index (χ2n) is 5.35. The van der Waals surface area contributed by atoms with Crippen LogP contribution >= 0.6 is 12.4 Å². The molecule has 0 bridgehead atoms. The molecule has 3 rings (SSSR count). The number of rotatable bonds is 3. The molecule has 5 heteroatoms. The van der Waals surface area contributed by atoms with Crippen LogP contribution in [-0.4, -0.2) is 43.6 Å². The van der Waals surface area contributed by atoms with E-state index in [-0.39, 0.29) is 18.3 Å². The molecule has 0 aromatic heterocycles. The van der Waals surface area contributed by atoms with Crippen molar-refractivity contribution in [1.82, 2.24) is 10.2 Å². The Hall–Kier alpha value is -1.26. The van der Waals surface area contributed by atoms with Gasteiger partial charge in [-0.2, -0.15) is 0 Å². The topological polar surface area (TPSA) is 41.6 Å². The standard InChI is InChI=1S/C15H20N2O2.ClH/c1-2-19-14-5-3-4-11(6-14)15(18)17-9-12-7-16-8-13(12)10-17;/h3-6,12-13,16H,2,7-10H2,1H3;1H/t12-,13+;. The lowest BCUT2D eigenvalue weighted by Gasteiger charge is -2.18. The SMILES string of the molecule is CCOc1cccc(C(=O)N2C[C@H]3CNC[C@H]3C2)c1.Cl. The Labute approximate surface area is 125 Å². The van der Waals surface area contributed by atoms with E-state index in [1.165, 1.54) is 0 Å². The molecule has 1 aromatic rings. The van der Waals surface area contributed by atoms with E-state index >= 15 is 0 Å². The Balaban J connectivity index is 0.00000147. The number of hydrogen-bond donors (Lipinski definition) is 1. The third-order valence-corrected chi connectivity index (χ3v) is 4.07. The minimum absolute atomic E-state index is 0. The number of nitrogens with zero attached hydrogens (tertiary/aromatic N) is 1. The van der Waals surface area contributed by atoms with E-state index in [4.69, 9.17) is 4.74 Å². The maximum Gasteiger partial charge on any atom is 0.254 e. The lowest BCUT2D eigenvalue weighted by atomic mass is 10.0. The Morgan fingerprint density at radius 2 is 2.05 bits per heavy atom. The Morgan fingerprint density at radius 3 is 2.70 bits per heavy atom. The molecule has 2 fully saturated rings. The van der Waals surface area contributed by atoms with Crippen LogP contribution in [0.15, 0.2) is 24.3 Å². The Morgan fingerprint density at radius 1 is 1.35 bits per heavy atom. The van der Waals surface area contributed by atoms with Gasteiger partial charge in [0.05, 0.1) is 6.61 Å². The average molecular weight is 297 g/mol. The van der Waals surface area contributed by atoms with Gasteiger partial charge in [0.2, 0.25) is 0 Å². The maximum absolute atomic E-state index is 12.5. The van der Waals surface area contributed by atoms with Crippen LogP contribution < -0.4 is 10.1 Å². The lowest BCUT2D eigenvalue weighted by Crippen LogP contribution is -2.31. The summed E-state index contributed by atoms with van der Waals surface area (Å²) in [5, 5.41) is 3.39. The summed E-state index contributed by atoms with van der Waals surface area (Å²) >= 11 is 0. The molecule has 110 valence electrons. The fourth-order valence-corrected chi connectivity index (χ4v) is 3.09. The predicted octanol–water partition coefficient (Wildman–Crippen LogP) is 1.80. The van der Waals surface area contributed by atoms with Crippen molar-refractivity contribution in [3.8, 4) is 5.75 Å². The van der Waals surface area contributed by atoms with E-state index < -0.39 is 0 Å². The first-order valence-corrected chi connectivity index (χ1v) is 7.00. The number of likely N-dealkylation sites (tertiary alicyclic amines) is 1. The first kappa shape index (κ1) is 15.1. The summed E-state index contributed by atoms with van der Waals surface area (Å²) in [4.78, 5) is 14.5. The monoisotopic (exact) mass is 296 g/mol. The largest absolute Gasteiger partial charge is 0.494 e. The van der Waals surface area contributed by atoms with Crippen molar-refractivity contribution in [2.24, 2.45) is 11.8 Å². The summed E-state index contributed by atoms with van der Waals surface area (Å²) in [5.74, 6) is 2.18. The summed E-state index contributed by atoms with van der Waals surface area (Å²) in [5.41, 5.74) is 0.735. The summed E-state index contributed by atoms with van der Waals surface area (Å²) in [6.45, 7) is 6.44. The molecule has 0 saturated carbocycles. The Bertz CT molecular complexity index is 469. The van der Waals surface area contributed by atoms with Crippen molar-refractivity contribution >= 4 is 18.3 Å². The van der Waals surface area contributed by atoms with Gasteiger partial charge >= 0.3 is 0 Å². The van der Waals surface area contributed by atoms with Crippen molar-refractivity contribution in [3.63, 3.8) is 0 Å². The van der Waals surface area contributed by atoms with Gasteiger partial charge in [-0.15, -0.1) is 12.4 Å². The highest BCUT2D eigenvalue weighted by molar-refractivity contribution is 5.94. The highest BCUT2D eigenvalue weighted by atomic mass is 35.5. The fourth-order valence-electron chi connectivity index (χ4n) is 3.09. The van der Waals surface area contributed by atoms with Gasteiger partial charge in [0.25, 0.3) is 5.91 Å². The molecule has 0 spiro atoms. The van der Waals surface area contributed by atoms with Crippen LogP contribution in [0.3, 0.4) is 0 Å². The third kappa shape index (κ3) is 2.91. The molecule has 2 aliphatic rings. The average Bonchev–Trinajstić information content (AvgIpc) is 2.99. The van der Waals surface area contributed by atoms with Gasteiger partial charge in [0, 0.05) is 31.7 Å². The van der Waals surface area contributed by atoms with Crippen molar-refractivity contribution < 1.29 is 9.53 Å². The van der Waals surface area contributed by atoms with Gasteiger partial charge in [-0.1, -0.05) is 6.07 Å². The van der Waals surface area contributed by atoms with Gasteiger partial charge in [0.1, 0.15) is 5.75 Å². The predicted molar refractivity (Wildman–Crippen MR) is 80.6 cm³/mol. The van der Waals surface area contributed by atoms with E-state index in [1.807, 2.05) is 36.1 Å². The molecule has 1 N–H and O–H groups in total. The van der Waals surface area contributed by atoms with Crippen LogP contribution in [0.4, 0.5) is 0 Å². The normalized spacial score (nSPS) is 24.1. The van der Waals surface area contributed by atoms with Gasteiger partial charge in [-0.05, 0) is 37.0 Å². The van der Waals surface area contributed by atoms with Crippen molar-refractivity contribution in [2.45, 2.75) is 6.92 Å². The van der Waals surface area contributed by atoms with Gasteiger partial charge in [-0.25, -0.2) is 0 Å². The molecule has 0 radical (unpaired) electrons. The second-order valence-corrected chi connectivity index (χ2v) is 5.35. The number of ether oxygens (including phenoxy) is 1. The van der Waals surface area contributed by atoms with E-state index in [0.29, 0.717) is 18.4 Å². The zero-order chi connectivity index (χ0) is 13.2. The molecule has 2 heterocycles. The number of fused-ring (bicyclic) bond motifs is 1. The van der Waals surface area contributed by atoms with Gasteiger partial charge in [0.15, 0.2) is 0 Å². The quantitative estimate of drug-likeness (QED) is 0.925. The first-order chi connectivity index (χ1) is 9.28. The number of carbonyl (C=O) groups excluding carboxylic acids is 1. The van der Waals surface area contributed by atoms with E-state index in [1.54, 1.807) is 0 Å². The molecule has 2 atom stereocenters. The number of halogens is 1. The molecule has 4 nitrogen and oxygen atoms in total. The van der Waals surface area contributed by atoms with Crippen LogP contribution in [-0.2, 0) is 0 Å². The first-order valence-electron chi connectivity index (χ1n) is 7.00. The molecule has 1 amide bonds. The summed E-state index contributed by atoms with van der Waals surface area (Å²) < 4.78 is 5.45. The molecule has 0 aliphatic carbocycles. The van der Waals surface area contributed by atoms with E-state index in [2.05, 4.69) is 5.32 Å². The summed E-state index contributed by atoms with van der Waals surface area (Å²) in [6, 6.07) is 7.50. The smallest absolute Gasteiger partial charge is 0.254 e. The number of amides is 1. The van der Waals surface area contributed by atoms with Crippen LogP contribution in [0.1, 0.15) is 17.3 Å². The van der Waals surface area contributed by atoms with Crippen molar-refractivity contribution in [1.29, 1.82) is 0 Å². The molecule has 0 unspecified atom stereocenters. The van der Waals surface area contributed by atoms with Crippen LogP contribution in [0, 0.1) is 11.8 Å². The summed E-state index contributed by atoms with van der Waals surface area (Å²) in [7, 11) is 0. The molecular formula is C15H21ClN2O2. The molecule has 2 aliphatic heterocycles. The van der Waals surface area contributed by atoms with Crippen LogP contribution in [0.2, 0.25) is 0 Å². The highest BCUT2D eigenvalue weighted by Gasteiger charge is 2.38.